The number of aromatic nitrogens is 2. The molecule has 6 heteroatoms. The maximum absolute atomic E-state index is 5.21. The molecule has 2 aromatic heterocycles. The molecule has 2 rings (SSSR count). The molecular formula is C12H16N4OS. The Morgan fingerprint density at radius 2 is 2.22 bits per heavy atom. The summed E-state index contributed by atoms with van der Waals surface area (Å²) in [6, 6.07) is 5.74. The molecule has 0 aliphatic carbocycles. The Balaban J connectivity index is 1.75. The maximum atomic E-state index is 5.21. The fourth-order valence-corrected chi connectivity index (χ4v) is 1.75. The lowest BCUT2D eigenvalue weighted by molar-refractivity contribution is 0.502. The summed E-state index contributed by atoms with van der Waals surface area (Å²) >= 11 is 5.19. The molecule has 0 bridgehead atoms. The van der Waals surface area contributed by atoms with Gasteiger partial charge in [-0.1, -0.05) is 0 Å². The van der Waals surface area contributed by atoms with Gasteiger partial charge in [0, 0.05) is 12.7 Å². The highest BCUT2D eigenvalue weighted by molar-refractivity contribution is 7.80. The van der Waals surface area contributed by atoms with Crippen LogP contribution in [0.2, 0.25) is 0 Å². The molecule has 0 fully saturated rings. The molecule has 96 valence electrons. The molecule has 0 saturated carbocycles. The zero-order chi connectivity index (χ0) is 12.8. The molecular weight excluding hydrogens is 248 g/mol. The third-order valence-corrected chi connectivity index (χ3v) is 2.83. The Labute approximate surface area is 111 Å². The van der Waals surface area contributed by atoms with Gasteiger partial charge in [0.25, 0.3) is 0 Å². The number of hydrogen-bond donors (Lipinski definition) is 2. The van der Waals surface area contributed by atoms with E-state index in [0.29, 0.717) is 18.2 Å². The smallest absolute Gasteiger partial charge is 0.166 e. The van der Waals surface area contributed by atoms with Gasteiger partial charge in [-0.3, -0.25) is 4.68 Å². The summed E-state index contributed by atoms with van der Waals surface area (Å²) in [4.78, 5) is 0. The van der Waals surface area contributed by atoms with Crippen molar-refractivity contribution in [3.8, 4) is 0 Å². The predicted molar refractivity (Wildman–Crippen MR) is 72.9 cm³/mol. The summed E-state index contributed by atoms with van der Waals surface area (Å²) in [7, 11) is 0. The van der Waals surface area contributed by atoms with E-state index in [2.05, 4.69) is 22.7 Å². The van der Waals surface area contributed by atoms with Gasteiger partial charge >= 0.3 is 0 Å². The molecule has 2 N–H and O–H groups in total. The highest BCUT2D eigenvalue weighted by Gasteiger charge is 2.02. The monoisotopic (exact) mass is 264 g/mol. The van der Waals surface area contributed by atoms with Gasteiger partial charge in [0.1, 0.15) is 5.76 Å². The van der Waals surface area contributed by atoms with Gasteiger partial charge in [0.05, 0.1) is 25.0 Å². The first kappa shape index (κ1) is 12.6. The minimum Gasteiger partial charge on any atom is -0.467 e. The van der Waals surface area contributed by atoms with Crippen LogP contribution in [0.15, 0.2) is 35.1 Å². The largest absolute Gasteiger partial charge is 0.467 e. The van der Waals surface area contributed by atoms with E-state index in [1.165, 1.54) is 0 Å². The Morgan fingerprint density at radius 1 is 1.39 bits per heavy atom. The number of rotatable bonds is 5. The van der Waals surface area contributed by atoms with Crippen molar-refractivity contribution in [3.05, 3.63) is 42.1 Å². The van der Waals surface area contributed by atoms with Gasteiger partial charge in [0.2, 0.25) is 0 Å². The number of thiocarbonyl (C=S) groups is 1. The van der Waals surface area contributed by atoms with Crippen LogP contribution in [0.25, 0.3) is 0 Å². The van der Waals surface area contributed by atoms with Gasteiger partial charge in [-0.05, 0) is 37.3 Å². The van der Waals surface area contributed by atoms with Crippen LogP contribution in [0.4, 0.5) is 0 Å². The van der Waals surface area contributed by atoms with Crippen LogP contribution < -0.4 is 10.6 Å². The second kappa shape index (κ2) is 6.20. The van der Waals surface area contributed by atoms with Gasteiger partial charge in [0.15, 0.2) is 5.11 Å². The van der Waals surface area contributed by atoms with Crippen LogP contribution in [0.3, 0.4) is 0 Å². The van der Waals surface area contributed by atoms with Crippen molar-refractivity contribution in [1.29, 1.82) is 0 Å². The van der Waals surface area contributed by atoms with E-state index in [0.717, 1.165) is 18.0 Å². The molecule has 5 nitrogen and oxygen atoms in total. The SMILES string of the molecule is CCn1nccc1CNC(=S)NCc1ccco1. The summed E-state index contributed by atoms with van der Waals surface area (Å²) in [5.41, 5.74) is 1.11. The second-order valence-corrected chi connectivity index (χ2v) is 4.16. The van der Waals surface area contributed by atoms with E-state index in [1.807, 2.05) is 22.9 Å². The summed E-state index contributed by atoms with van der Waals surface area (Å²) in [5, 5.41) is 11.0. The second-order valence-electron chi connectivity index (χ2n) is 3.75. The van der Waals surface area contributed by atoms with E-state index < -0.39 is 0 Å². The summed E-state index contributed by atoms with van der Waals surface area (Å²) < 4.78 is 7.14. The third-order valence-electron chi connectivity index (χ3n) is 2.54. The van der Waals surface area contributed by atoms with Crippen LogP contribution in [-0.4, -0.2) is 14.9 Å². The molecule has 0 aliphatic rings. The van der Waals surface area contributed by atoms with Crippen molar-refractivity contribution in [3.63, 3.8) is 0 Å². The highest BCUT2D eigenvalue weighted by atomic mass is 32.1. The number of nitrogens with zero attached hydrogens (tertiary/aromatic N) is 2. The minimum atomic E-state index is 0.589. The number of furan rings is 1. The molecule has 0 aromatic carbocycles. The van der Waals surface area contributed by atoms with Crippen molar-refractivity contribution in [2.75, 3.05) is 0 Å². The van der Waals surface area contributed by atoms with Crippen LogP contribution in [0.5, 0.6) is 0 Å². The summed E-state index contributed by atoms with van der Waals surface area (Å²) in [6.45, 7) is 4.17. The lowest BCUT2D eigenvalue weighted by atomic mass is 10.4. The van der Waals surface area contributed by atoms with E-state index in [1.54, 1.807) is 12.5 Å². The molecule has 0 saturated heterocycles. The fraction of sp³-hybridized carbons (Fsp3) is 0.333. The number of aryl methyl sites for hydroxylation is 1. The van der Waals surface area contributed by atoms with E-state index in [4.69, 9.17) is 16.6 Å². The van der Waals surface area contributed by atoms with Crippen LogP contribution in [-0.2, 0) is 19.6 Å². The Morgan fingerprint density at radius 3 is 2.94 bits per heavy atom. The standard InChI is InChI=1S/C12H16N4OS/c1-2-16-10(5-6-15-16)8-13-12(18)14-9-11-4-3-7-17-11/h3-7H,2,8-9H2,1H3,(H2,13,14,18). The van der Waals surface area contributed by atoms with Crippen molar-refractivity contribution >= 4 is 17.3 Å². The first-order valence-corrected chi connectivity index (χ1v) is 6.25. The van der Waals surface area contributed by atoms with Gasteiger partial charge < -0.3 is 15.1 Å². The molecule has 18 heavy (non-hydrogen) atoms. The zero-order valence-electron chi connectivity index (χ0n) is 10.2. The van der Waals surface area contributed by atoms with Gasteiger partial charge in [-0.2, -0.15) is 5.10 Å². The average Bonchev–Trinajstić information content (AvgIpc) is 3.04. The quantitative estimate of drug-likeness (QED) is 0.804. The van der Waals surface area contributed by atoms with Gasteiger partial charge in [-0.25, -0.2) is 0 Å². The molecule has 0 aliphatic heterocycles. The molecule has 0 spiro atoms. The van der Waals surface area contributed by atoms with Gasteiger partial charge in [-0.15, -0.1) is 0 Å². The van der Waals surface area contributed by atoms with Crippen molar-refractivity contribution in [2.24, 2.45) is 0 Å². The van der Waals surface area contributed by atoms with E-state index in [-0.39, 0.29) is 0 Å². The van der Waals surface area contributed by atoms with Crippen molar-refractivity contribution in [2.45, 2.75) is 26.6 Å². The topological polar surface area (TPSA) is 55.0 Å². The first-order valence-electron chi connectivity index (χ1n) is 5.84. The normalized spacial score (nSPS) is 10.3. The molecule has 2 aromatic rings. The first-order chi connectivity index (χ1) is 8.79. The number of nitrogens with one attached hydrogen (secondary N) is 2. The van der Waals surface area contributed by atoms with Crippen LogP contribution in [0, 0.1) is 0 Å². The number of hydrogen-bond acceptors (Lipinski definition) is 3. The molecule has 0 atom stereocenters. The van der Waals surface area contributed by atoms with Crippen LogP contribution >= 0.6 is 12.2 Å². The lowest BCUT2D eigenvalue weighted by Gasteiger charge is -2.10. The zero-order valence-corrected chi connectivity index (χ0v) is 11.0. The van der Waals surface area contributed by atoms with Crippen molar-refractivity contribution in [1.82, 2.24) is 20.4 Å². The Hall–Kier alpha value is -1.82. The van der Waals surface area contributed by atoms with Crippen LogP contribution in [0.1, 0.15) is 18.4 Å². The van der Waals surface area contributed by atoms with Crippen molar-refractivity contribution < 1.29 is 4.42 Å². The third kappa shape index (κ3) is 3.33. The Kier molecular flexibility index (Phi) is 4.35. The molecule has 0 amide bonds. The lowest BCUT2D eigenvalue weighted by Crippen LogP contribution is -2.34. The summed E-state index contributed by atoms with van der Waals surface area (Å²) in [6.07, 6.45) is 3.44. The summed E-state index contributed by atoms with van der Waals surface area (Å²) in [5.74, 6) is 0.859. The molecule has 2 heterocycles. The minimum absolute atomic E-state index is 0.589. The Bertz CT molecular complexity index is 492. The molecule has 0 unspecified atom stereocenters. The van der Waals surface area contributed by atoms with E-state index >= 15 is 0 Å². The van der Waals surface area contributed by atoms with E-state index in [9.17, 15) is 0 Å². The average molecular weight is 264 g/mol. The maximum Gasteiger partial charge on any atom is 0.166 e. The fourth-order valence-electron chi connectivity index (χ4n) is 1.61. The predicted octanol–water partition coefficient (Wildman–Crippen LogP) is 1.66. The highest BCUT2D eigenvalue weighted by Crippen LogP contribution is 1.99. The molecule has 0 radical (unpaired) electrons.